The summed E-state index contributed by atoms with van der Waals surface area (Å²) in [5.74, 6) is -0.488. The molecule has 57 heavy (non-hydrogen) atoms. The number of rotatable bonds is 44. The lowest BCUT2D eigenvalue weighted by Gasteiger charge is -2.24. The van der Waals surface area contributed by atoms with Crippen LogP contribution < -0.4 is 5.32 Å². The summed E-state index contributed by atoms with van der Waals surface area (Å²) in [5.41, 5.74) is 0. The van der Waals surface area contributed by atoms with Crippen molar-refractivity contribution in [2.45, 2.75) is 270 Å². The minimum atomic E-state index is -0.788. The van der Waals surface area contributed by atoms with Crippen molar-refractivity contribution in [3.8, 4) is 0 Å². The van der Waals surface area contributed by atoms with Crippen molar-refractivity contribution in [1.29, 1.82) is 0 Å². The first-order valence-electron chi connectivity index (χ1n) is 24.7. The number of aliphatic hydroxyl groups excluding tert-OH is 2. The van der Waals surface area contributed by atoms with Gasteiger partial charge in [-0.2, -0.15) is 0 Å². The number of aliphatic hydroxyl groups is 2. The highest BCUT2D eigenvalue weighted by Crippen LogP contribution is 2.18. The second-order valence-corrected chi connectivity index (χ2v) is 16.9. The van der Waals surface area contributed by atoms with Crippen LogP contribution in [0.5, 0.6) is 0 Å². The fourth-order valence-electron chi connectivity index (χ4n) is 7.40. The summed E-state index contributed by atoms with van der Waals surface area (Å²) < 4.78 is 5.91. The van der Waals surface area contributed by atoms with Gasteiger partial charge in [0.2, 0.25) is 5.91 Å². The van der Waals surface area contributed by atoms with E-state index in [0.717, 1.165) is 83.5 Å². The Hall–Kier alpha value is -1.92. The minimum absolute atomic E-state index is 0.0706. The zero-order valence-electron chi connectivity index (χ0n) is 38.0. The Morgan fingerprint density at radius 2 is 0.930 bits per heavy atom. The monoisotopic (exact) mass is 802 g/mol. The zero-order valence-corrected chi connectivity index (χ0v) is 38.0. The number of amides is 1. The molecule has 0 spiro atoms. The summed E-state index contributed by atoms with van der Waals surface area (Å²) in [6.07, 6.45) is 52.0. The molecule has 0 aromatic heterocycles. The summed E-state index contributed by atoms with van der Waals surface area (Å²) in [7, 11) is 0. The number of hydrogen-bond acceptors (Lipinski definition) is 5. The number of carbonyl (C=O) groups is 2. The Balaban J connectivity index is 4.58. The van der Waals surface area contributed by atoms with E-state index in [1.165, 1.54) is 122 Å². The first kappa shape index (κ1) is 55.1. The van der Waals surface area contributed by atoms with Gasteiger partial charge < -0.3 is 20.3 Å². The van der Waals surface area contributed by atoms with E-state index < -0.39 is 18.2 Å². The molecule has 0 fully saturated rings. The fraction of sp³-hybridized carbons (Fsp3) is 0.843. The standard InChI is InChI=1S/C51H95NO5/c1-4-7-10-13-16-19-22-23-24-25-26-27-29-30-33-36-39-42-47(57-51(56)44-41-38-35-32-21-18-15-12-9-6-3)45-50(55)52-48(46-53)49(54)43-40-37-34-31-28-20-17-14-11-8-5-2/h12,15-16,19,23-24,47-49,53-54H,4-11,13-14,17-18,20-22,25-46H2,1-3H3,(H,52,55)/b15-12-,19-16-,24-23-. The molecule has 0 radical (unpaired) electrons. The van der Waals surface area contributed by atoms with Crippen molar-refractivity contribution in [3.63, 3.8) is 0 Å². The Morgan fingerprint density at radius 3 is 1.46 bits per heavy atom. The van der Waals surface area contributed by atoms with Gasteiger partial charge in [-0.1, -0.05) is 198 Å². The van der Waals surface area contributed by atoms with Gasteiger partial charge in [0.15, 0.2) is 0 Å². The summed E-state index contributed by atoms with van der Waals surface area (Å²) in [4.78, 5) is 26.0. The van der Waals surface area contributed by atoms with E-state index in [4.69, 9.17) is 4.74 Å². The molecule has 3 N–H and O–H groups in total. The fourth-order valence-corrected chi connectivity index (χ4v) is 7.40. The number of ether oxygens (including phenoxy) is 1. The van der Waals surface area contributed by atoms with E-state index in [0.29, 0.717) is 19.3 Å². The molecule has 0 bridgehead atoms. The summed E-state index contributed by atoms with van der Waals surface area (Å²) >= 11 is 0. The Labute approximate surface area is 353 Å². The molecule has 3 atom stereocenters. The molecular weight excluding hydrogens is 707 g/mol. The predicted octanol–water partition coefficient (Wildman–Crippen LogP) is 14.5. The van der Waals surface area contributed by atoms with E-state index in [1.54, 1.807) is 0 Å². The third-order valence-electron chi connectivity index (χ3n) is 11.2. The molecule has 0 aliphatic rings. The first-order valence-corrected chi connectivity index (χ1v) is 24.7. The molecular formula is C51H95NO5. The van der Waals surface area contributed by atoms with E-state index in [9.17, 15) is 19.8 Å². The lowest BCUT2D eigenvalue weighted by Crippen LogP contribution is -2.46. The van der Waals surface area contributed by atoms with Gasteiger partial charge in [0.25, 0.3) is 0 Å². The van der Waals surface area contributed by atoms with Crippen LogP contribution in [0.2, 0.25) is 0 Å². The van der Waals surface area contributed by atoms with Crippen LogP contribution in [0, 0.1) is 0 Å². The predicted molar refractivity (Wildman–Crippen MR) is 246 cm³/mol. The second-order valence-electron chi connectivity index (χ2n) is 16.9. The smallest absolute Gasteiger partial charge is 0.306 e. The van der Waals surface area contributed by atoms with Gasteiger partial charge in [0.1, 0.15) is 6.10 Å². The van der Waals surface area contributed by atoms with Gasteiger partial charge in [-0.25, -0.2) is 0 Å². The minimum Gasteiger partial charge on any atom is -0.462 e. The maximum absolute atomic E-state index is 13.2. The highest BCUT2D eigenvalue weighted by Gasteiger charge is 2.24. The lowest BCUT2D eigenvalue weighted by atomic mass is 10.0. The maximum Gasteiger partial charge on any atom is 0.306 e. The van der Waals surface area contributed by atoms with Crippen LogP contribution in [-0.2, 0) is 14.3 Å². The highest BCUT2D eigenvalue weighted by molar-refractivity contribution is 5.77. The van der Waals surface area contributed by atoms with E-state index in [1.807, 2.05) is 0 Å². The molecule has 3 unspecified atom stereocenters. The third kappa shape index (κ3) is 40.6. The number of allylic oxidation sites excluding steroid dienone is 6. The Morgan fingerprint density at radius 1 is 0.509 bits per heavy atom. The van der Waals surface area contributed by atoms with Crippen molar-refractivity contribution in [3.05, 3.63) is 36.5 Å². The summed E-state index contributed by atoms with van der Waals surface area (Å²) in [6.45, 7) is 6.39. The molecule has 6 nitrogen and oxygen atoms in total. The highest BCUT2D eigenvalue weighted by atomic mass is 16.5. The molecule has 0 aromatic carbocycles. The third-order valence-corrected chi connectivity index (χ3v) is 11.2. The maximum atomic E-state index is 13.2. The van der Waals surface area contributed by atoms with Gasteiger partial charge in [0, 0.05) is 6.42 Å². The molecule has 0 aliphatic carbocycles. The van der Waals surface area contributed by atoms with E-state index in [-0.39, 0.29) is 24.9 Å². The first-order chi connectivity index (χ1) is 28.0. The van der Waals surface area contributed by atoms with Crippen molar-refractivity contribution in [2.24, 2.45) is 0 Å². The van der Waals surface area contributed by atoms with E-state index >= 15 is 0 Å². The van der Waals surface area contributed by atoms with Crippen molar-refractivity contribution < 1.29 is 24.5 Å². The largest absolute Gasteiger partial charge is 0.462 e. The van der Waals surface area contributed by atoms with Gasteiger partial charge in [-0.15, -0.1) is 0 Å². The van der Waals surface area contributed by atoms with Crippen LogP contribution in [0.1, 0.15) is 252 Å². The van der Waals surface area contributed by atoms with Crippen LogP contribution >= 0.6 is 0 Å². The number of unbranched alkanes of at least 4 members (excludes halogenated alkanes) is 26. The van der Waals surface area contributed by atoms with Crippen LogP contribution in [0.3, 0.4) is 0 Å². The average Bonchev–Trinajstić information content (AvgIpc) is 3.20. The van der Waals surface area contributed by atoms with Crippen molar-refractivity contribution >= 4 is 11.9 Å². The van der Waals surface area contributed by atoms with Gasteiger partial charge in [-0.05, 0) is 77.0 Å². The molecule has 0 aromatic rings. The van der Waals surface area contributed by atoms with Gasteiger partial charge in [-0.3, -0.25) is 9.59 Å². The van der Waals surface area contributed by atoms with Crippen LogP contribution in [0.25, 0.3) is 0 Å². The molecule has 0 aliphatic heterocycles. The molecule has 0 saturated heterocycles. The molecule has 0 saturated carbocycles. The van der Waals surface area contributed by atoms with Crippen LogP contribution in [0.15, 0.2) is 36.5 Å². The average molecular weight is 802 g/mol. The molecule has 0 rings (SSSR count). The Kier molecular flexibility index (Phi) is 43.6. The van der Waals surface area contributed by atoms with Crippen LogP contribution in [0.4, 0.5) is 0 Å². The number of esters is 1. The van der Waals surface area contributed by atoms with Crippen LogP contribution in [-0.4, -0.2) is 46.9 Å². The normalized spacial score (nSPS) is 13.6. The molecule has 334 valence electrons. The molecule has 1 amide bonds. The van der Waals surface area contributed by atoms with Crippen molar-refractivity contribution in [2.75, 3.05) is 6.61 Å². The van der Waals surface area contributed by atoms with E-state index in [2.05, 4.69) is 62.5 Å². The summed E-state index contributed by atoms with van der Waals surface area (Å²) in [5, 5.41) is 23.7. The molecule has 0 heterocycles. The lowest BCUT2D eigenvalue weighted by molar-refractivity contribution is -0.151. The number of carbonyl (C=O) groups excluding carboxylic acids is 2. The summed E-state index contributed by atoms with van der Waals surface area (Å²) in [6, 6.07) is -0.702. The Bertz CT molecular complexity index is 946. The number of nitrogens with one attached hydrogen (secondary N) is 1. The van der Waals surface area contributed by atoms with Crippen molar-refractivity contribution in [1.82, 2.24) is 5.32 Å². The number of hydrogen-bond donors (Lipinski definition) is 3. The quantitative estimate of drug-likeness (QED) is 0.0324. The molecule has 6 heteroatoms. The van der Waals surface area contributed by atoms with Gasteiger partial charge >= 0.3 is 5.97 Å². The SMILES string of the molecule is CCC/C=C\CCCCCCCC(=O)OC(CCCCCCCCC/C=C\C/C=C\CCCCC)CC(=O)NC(CO)C(O)CCCCCCCCCCCCC. The zero-order chi connectivity index (χ0) is 41.7. The van der Waals surface area contributed by atoms with Gasteiger partial charge in [0.05, 0.1) is 25.2 Å². The topological polar surface area (TPSA) is 95.9 Å². The second kappa shape index (κ2) is 45.2.